The van der Waals surface area contributed by atoms with E-state index in [2.05, 4.69) is 103 Å². The van der Waals surface area contributed by atoms with Gasteiger partial charge in [-0.05, 0) is 41.9 Å². The monoisotopic (exact) mass is 412 g/mol. The molecule has 0 radical (unpaired) electrons. The van der Waals surface area contributed by atoms with Crippen LogP contribution in [0.5, 0.6) is 5.75 Å². The molecule has 0 aliphatic carbocycles. The number of quaternary nitrogens is 1. The number of hydrogen-bond donors (Lipinski definition) is 0. The molecule has 0 heterocycles. The summed E-state index contributed by atoms with van der Waals surface area (Å²) in [6.45, 7) is 15.9. The van der Waals surface area contributed by atoms with Crippen molar-refractivity contribution in [3.8, 4) is 5.75 Å². The van der Waals surface area contributed by atoms with Crippen molar-refractivity contribution < 1.29 is 14.0 Å². The molecule has 3 heteroatoms. The van der Waals surface area contributed by atoms with Crippen LogP contribution in [0.4, 0.5) is 0 Å². The van der Waals surface area contributed by atoms with Crippen molar-refractivity contribution in [2.45, 2.75) is 66.2 Å². The molecule has 0 N–H and O–H groups in total. The summed E-state index contributed by atoms with van der Waals surface area (Å²) in [4.78, 5) is 0. The van der Waals surface area contributed by atoms with E-state index in [4.69, 9.17) is 9.47 Å². The minimum atomic E-state index is -0.276. The molecule has 2 aromatic rings. The molecule has 0 spiro atoms. The predicted molar refractivity (Wildman–Crippen MR) is 127 cm³/mol. The van der Waals surface area contributed by atoms with Gasteiger partial charge in [-0.15, -0.1) is 0 Å². The van der Waals surface area contributed by atoms with Crippen LogP contribution < -0.4 is 4.74 Å². The second kappa shape index (κ2) is 9.98. The molecule has 1 atom stereocenters. The largest absolute Gasteiger partial charge is 0.459 e. The van der Waals surface area contributed by atoms with Crippen LogP contribution in [-0.2, 0) is 16.7 Å². The summed E-state index contributed by atoms with van der Waals surface area (Å²) in [6.07, 6.45) is 0.856. The van der Waals surface area contributed by atoms with Crippen LogP contribution in [0.2, 0.25) is 0 Å². The standard InChI is InChI=1S/C27H42NO2/c1-9-29-25(20-28(7,8)19-22-13-11-10-12-14-22)30-24-17-15-23(16-18-24)27(5,6)21-26(2,3)4/h10-18,25H,9,19-21H2,1-8H3/q+1. The van der Waals surface area contributed by atoms with E-state index >= 15 is 0 Å². The van der Waals surface area contributed by atoms with Crippen molar-refractivity contribution in [2.75, 3.05) is 27.2 Å². The number of likely N-dealkylation sites (N-methyl/N-ethyl adjacent to an activating group) is 1. The zero-order valence-electron chi connectivity index (χ0n) is 20.4. The fourth-order valence-electron chi connectivity index (χ4n) is 4.42. The Morgan fingerprint density at radius 3 is 2.00 bits per heavy atom. The Kier molecular flexibility index (Phi) is 8.13. The van der Waals surface area contributed by atoms with Gasteiger partial charge in [0.1, 0.15) is 18.8 Å². The van der Waals surface area contributed by atoms with Crippen LogP contribution in [-0.4, -0.2) is 38.0 Å². The molecule has 0 saturated carbocycles. The first-order chi connectivity index (χ1) is 13.9. The average Bonchev–Trinajstić information content (AvgIpc) is 2.60. The Balaban J connectivity index is 2.05. The quantitative estimate of drug-likeness (QED) is 0.331. The van der Waals surface area contributed by atoms with Crippen LogP contribution in [0.15, 0.2) is 54.6 Å². The second-order valence-corrected chi connectivity index (χ2v) is 10.9. The summed E-state index contributed by atoms with van der Waals surface area (Å²) in [7, 11) is 4.45. The third-order valence-corrected chi connectivity index (χ3v) is 5.32. The van der Waals surface area contributed by atoms with Gasteiger partial charge >= 0.3 is 0 Å². The van der Waals surface area contributed by atoms with Crippen LogP contribution in [0.25, 0.3) is 0 Å². The first kappa shape index (κ1) is 24.4. The van der Waals surface area contributed by atoms with E-state index in [1.54, 1.807) is 0 Å². The van der Waals surface area contributed by atoms with E-state index < -0.39 is 0 Å². The van der Waals surface area contributed by atoms with Crippen molar-refractivity contribution >= 4 is 0 Å². The molecule has 1 unspecified atom stereocenters. The second-order valence-electron chi connectivity index (χ2n) is 10.9. The number of hydrogen-bond acceptors (Lipinski definition) is 2. The lowest BCUT2D eigenvalue weighted by Gasteiger charge is -2.34. The van der Waals surface area contributed by atoms with E-state index in [0.29, 0.717) is 12.0 Å². The Bertz CT molecular complexity index is 758. The molecule has 0 saturated heterocycles. The van der Waals surface area contributed by atoms with Gasteiger partial charge in [0, 0.05) is 12.2 Å². The SMILES string of the molecule is CCOC(C[N+](C)(C)Cc1ccccc1)Oc1ccc(C(C)(C)CC(C)(C)C)cc1. The van der Waals surface area contributed by atoms with Gasteiger partial charge in [0.25, 0.3) is 0 Å². The zero-order valence-corrected chi connectivity index (χ0v) is 20.4. The van der Waals surface area contributed by atoms with Crippen molar-refractivity contribution in [1.82, 2.24) is 0 Å². The minimum absolute atomic E-state index is 0.130. The molecule has 166 valence electrons. The number of benzene rings is 2. The van der Waals surface area contributed by atoms with Gasteiger partial charge < -0.3 is 14.0 Å². The molecular formula is C27H42NO2+. The summed E-state index contributed by atoms with van der Waals surface area (Å²) >= 11 is 0. The molecule has 0 aliphatic heterocycles. The van der Waals surface area contributed by atoms with E-state index in [-0.39, 0.29) is 11.7 Å². The van der Waals surface area contributed by atoms with E-state index in [1.807, 2.05) is 6.92 Å². The van der Waals surface area contributed by atoms with Gasteiger partial charge in [-0.2, -0.15) is 0 Å². The molecular weight excluding hydrogens is 370 g/mol. The summed E-state index contributed by atoms with van der Waals surface area (Å²) in [5.41, 5.74) is 3.09. The maximum absolute atomic E-state index is 6.26. The fourth-order valence-corrected chi connectivity index (χ4v) is 4.42. The van der Waals surface area contributed by atoms with Gasteiger partial charge in [0.05, 0.1) is 14.1 Å². The summed E-state index contributed by atoms with van der Waals surface area (Å²) < 4.78 is 13.0. The van der Waals surface area contributed by atoms with Crippen molar-refractivity contribution in [2.24, 2.45) is 5.41 Å². The highest BCUT2D eigenvalue weighted by Gasteiger charge is 2.28. The van der Waals surface area contributed by atoms with Crippen LogP contribution in [0.1, 0.15) is 59.1 Å². The predicted octanol–water partition coefficient (Wildman–Crippen LogP) is 6.42. The molecule has 0 amide bonds. The van der Waals surface area contributed by atoms with Crippen molar-refractivity contribution in [3.05, 3.63) is 65.7 Å². The van der Waals surface area contributed by atoms with E-state index in [9.17, 15) is 0 Å². The zero-order chi connectivity index (χ0) is 22.4. The van der Waals surface area contributed by atoms with E-state index in [0.717, 1.165) is 29.7 Å². The highest BCUT2D eigenvalue weighted by atomic mass is 16.7. The highest BCUT2D eigenvalue weighted by molar-refractivity contribution is 5.32. The Morgan fingerprint density at radius 2 is 1.47 bits per heavy atom. The lowest BCUT2D eigenvalue weighted by atomic mass is 9.72. The fraction of sp³-hybridized carbons (Fsp3) is 0.556. The smallest absolute Gasteiger partial charge is 0.249 e. The molecule has 0 aliphatic rings. The van der Waals surface area contributed by atoms with Gasteiger partial charge in [-0.1, -0.05) is 77.1 Å². The topological polar surface area (TPSA) is 18.5 Å². The molecule has 30 heavy (non-hydrogen) atoms. The number of nitrogens with zero attached hydrogens (tertiary/aromatic N) is 1. The maximum Gasteiger partial charge on any atom is 0.249 e. The molecule has 0 bridgehead atoms. The Hall–Kier alpha value is -1.84. The highest BCUT2D eigenvalue weighted by Crippen LogP contribution is 2.36. The maximum atomic E-state index is 6.26. The lowest BCUT2D eigenvalue weighted by Crippen LogP contribution is -2.47. The lowest BCUT2D eigenvalue weighted by molar-refractivity contribution is -0.908. The van der Waals surface area contributed by atoms with Gasteiger partial charge in [0.15, 0.2) is 0 Å². The first-order valence-corrected chi connectivity index (χ1v) is 11.1. The molecule has 0 fully saturated rings. The van der Waals surface area contributed by atoms with Crippen molar-refractivity contribution in [3.63, 3.8) is 0 Å². The Morgan fingerprint density at radius 1 is 0.867 bits per heavy atom. The molecule has 0 aromatic heterocycles. The van der Waals surface area contributed by atoms with Gasteiger partial charge in [-0.25, -0.2) is 0 Å². The molecule has 2 rings (SSSR count). The molecule has 2 aromatic carbocycles. The van der Waals surface area contributed by atoms with Crippen LogP contribution in [0, 0.1) is 5.41 Å². The molecule has 3 nitrogen and oxygen atoms in total. The van der Waals surface area contributed by atoms with Crippen LogP contribution in [0.3, 0.4) is 0 Å². The minimum Gasteiger partial charge on any atom is -0.459 e. The normalized spacial score (nSPS) is 13.9. The number of ether oxygens (including phenoxy) is 2. The third kappa shape index (κ3) is 8.12. The van der Waals surface area contributed by atoms with Gasteiger partial charge in [0.2, 0.25) is 6.29 Å². The number of rotatable bonds is 10. The van der Waals surface area contributed by atoms with E-state index in [1.165, 1.54) is 11.1 Å². The summed E-state index contributed by atoms with van der Waals surface area (Å²) in [5, 5.41) is 0. The van der Waals surface area contributed by atoms with Gasteiger partial charge in [-0.3, -0.25) is 0 Å². The summed E-state index contributed by atoms with van der Waals surface area (Å²) in [6, 6.07) is 19.2. The Labute approximate surface area is 184 Å². The first-order valence-electron chi connectivity index (χ1n) is 11.1. The average molecular weight is 413 g/mol. The van der Waals surface area contributed by atoms with Crippen LogP contribution >= 0.6 is 0 Å². The summed E-state index contributed by atoms with van der Waals surface area (Å²) in [5.74, 6) is 0.864. The van der Waals surface area contributed by atoms with Crippen molar-refractivity contribution in [1.29, 1.82) is 0 Å². The third-order valence-electron chi connectivity index (χ3n) is 5.32.